The molecule has 3 aliphatic rings. The molecule has 2 amide bonds. The van der Waals surface area contributed by atoms with E-state index in [9.17, 15) is 19.5 Å². The molecule has 0 saturated carbocycles. The third kappa shape index (κ3) is 3.81. The van der Waals surface area contributed by atoms with Crippen molar-refractivity contribution < 1.29 is 29.0 Å². The molecule has 1 aliphatic carbocycles. The number of hydrogen-bond donors (Lipinski definition) is 2. The maximum atomic E-state index is 12.8. The fourth-order valence-electron chi connectivity index (χ4n) is 5.54. The lowest BCUT2D eigenvalue weighted by molar-refractivity contribution is -0.161. The second kappa shape index (κ2) is 8.76. The molecule has 8 heteroatoms. The van der Waals surface area contributed by atoms with Crippen LogP contribution in [-0.2, 0) is 19.1 Å². The molecule has 178 valence electrons. The van der Waals surface area contributed by atoms with Crippen LogP contribution in [0.25, 0.3) is 11.1 Å². The van der Waals surface area contributed by atoms with Crippen LogP contribution >= 0.6 is 0 Å². The van der Waals surface area contributed by atoms with E-state index in [2.05, 4.69) is 29.6 Å². The number of benzene rings is 2. The zero-order valence-corrected chi connectivity index (χ0v) is 19.0. The van der Waals surface area contributed by atoms with Crippen LogP contribution in [-0.4, -0.2) is 65.9 Å². The van der Waals surface area contributed by atoms with Crippen molar-refractivity contribution in [3.8, 4) is 11.1 Å². The summed E-state index contributed by atoms with van der Waals surface area (Å²) in [5.41, 5.74) is 3.29. The minimum absolute atomic E-state index is 0.0358. The van der Waals surface area contributed by atoms with Gasteiger partial charge in [0, 0.05) is 37.5 Å². The lowest BCUT2D eigenvalue weighted by Gasteiger charge is -2.24. The van der Waals surface area contributed by atoms with E-state index in [4.69, 9.17) is 9.47 Å². The van der Waals surface area contributed by atoms with Crippen molar-refractivity contribution in [2.45, 2.75) is 37.3 Å². The number of carboxylic acid groups (broad SMARTS) is 1. The summed E-state index contributed by atoms with van der Waals surface area (Å²) < 4.78 is 11.1. The first-order chi connectivity index (χ1) is 16.4. The summed E-state index contributed by atoms with van der Waals surface area (Å²) in [6.45, 7) is 2.75. The lowest BCUT2D eigenvalue weighted by atomic mass is 9.91. The van der Waals surface area contributed by atoms with Gasteiger partial charge >= 0.3 is 12.1 Å². The van der Waals surface area contributed by atoms with Crippen molar-refractivity contribution in [2.75, 3.05) is 26.3 Å². The second-order valence-electron chi connectivity index (χ2n) is 9.38. The summed E-state index contributed by atoms with van der Waals surface area (Å²) in [5.74, 6) is -1.45. The van der Waals surface area contributed by atoms with Crippen molar-refractivity contribution >= 4 is 18.0 Å². The van der Waals surface area contributed by atoms with E-state index in [1.54, 1.807) is 6.92 Å². The molecule has 2 aromatic rings. The summed E-state index contributed by atoms with van der Waals surface area (Å²) in [5, 5.41) is 12.3. The molecule has 2 fully saturated rings. The monoisotopic (exact) mass is 464 g/mol. The van der Waals surface area contributed by atoms with E-state index >= 15 is 0 Å². The molecule has 0 spiro atoms. The van der Waals surface area contributed by atoms with Crippen LogP contribution in [0.3, 0.4) is 0 Å². The molecule has 3 unspecified atom stereocenters. The molecule has 2 aromatic carbocycles. The van der Waals surface area contributed by atoms with E-state index in [-0.39, 0.29) is 37.3 Å². The Morgan fingerprint density at radius 2 is 1.79 bits per heavy atom. The Morgan fingerprint density at radius 1 is 1.15 bits per heavy atom. The molecule has 8 nitrogen and oxygen atoms in total. The Kier molecular flexibility index (Phi) is 5.77. The van der Waals surface area contributed by atoms with Crippen molar-refractivity contribution in [1.82, 2.24) is 10.2 Å². The predicted molar refractivity (Wildman–Crippen MR) is 123 cm³/mol. The van der Waals surface area contributed by atoms with Crippen molar-refractivity contribution in [3.05, 3.63) is 59.7 Å². The summed E-state index contributed by atoms with van der Waals surface area (Å²) in [6.07, 6.45) is 0.113. The van der Waals surface area contributed by atoms with Gasteiger partial charge in [-0.15, -0.1) is 0 Å². The highest BCUT2D eigenvalue weighted by atomic mass is 16.5. The van der Waals surface area contributed by atoms with Gasteiger partial charge in [-0.05, 0) is 35.6 Å². The number of ether oxygens (including phenoxy) is 2. The number of rotatable bonds is 6. The zero-order valence-electron chi connectivity index (χ0n) is 19.0. The molecule has 3 atom stereocenters. The second-order valence-corrected chi connectivity index (χ2v) is 9.38. The molecular weight excluding hydrogens is 436 g/mol. The van der Waals surface area contributed by atoms with Crippen LogP contribution < -0.4 is 5.32 Å². The van der Waals surface area contributed by atoms with E-state index in [1.807, 2.05) is 24.3 Å². The van der Waals surface area contributed by atoms with Crippen LogP contribution in [0, 0.1) is 5.92 Å². The predicted octanol–water partition coefficient (Wildman–Crippen LogP) is 3.01. The maximum Gasteiger partial charge on any atom is 0.407 e. The quantitative estimate of drug-likeness (QED) is 0.681. The van der Waals surface area contributed by atoms with E-state index in [0.29, 0.717) is 19.6 Å². The Bertz CT molecular complexity index is 1090. The van der Waals surface area contributed by atoms with Gasteiger partial charge < -0.3 is 24.8 Å². The minimum atomic E-state index is -1.29. The fourth-order valence-corrected chi connectivity index (χ4v) is 5.54. The highest BCUT2D eigenvalue weighted by Gasteiger charge is 2.57. The largest absolute Gasteiger partial charge is 0.479 e. The molecule has 2 aliphatic heterocycles. The molecule has 5 rings (SSSR count). The molecule has 2 N–H and O–H groups in total. The Morgan fingerprint density at radius 3 is 2.41 bits per heavy atom. The van der Waals surface area contributed by atoms with Gasteiger partial charge in [0.2, 0.25) is 5.91 Å². The summed E-state index contributed by atoms with van der Waals surface area (Å²) in [6, 6.07) is 15.8. The Balaban J connectivity index is 1.15. The number of likely N-dealkylation sites (tertiary alicyclic amines) is 1. The summed E-state index contributed by atoms with van der Waals surface area (Å²) in [4.78, 5) is 38.5. The van der Waals surface area contributed by atoms with Crippen molar-refractivity contribution in [2.24, 2.45) is 5.92 Å². The standard InChI is InChI=1S/C26H28N2O6/c1-16(12-23(29)28-13-17-10-11-34-26(17,15-28)24(30)31)27-25(32)33-14-22-20-8-4-2-6-18(20)19-7-3-5-9-21(19)22/h2-9,16-17,22H,10-15H2,1H3,(H,27,32)(H,30,31). The van der Waals surface area contributed by atoms with Gasteiger partial charge in [-0.3, -0.25) is 4.79 Å². The average molecular weight is 465 g/mol. The Hall–Kier alpha value is -3.39. The zero-order chi connectivity index (χ0) is 23.9. The molecule has 0 aromatic heterocycles. The highest BCUT2D eigenvalue weighted by Crippen LogP contribution is 2.44. The highest BCUT2D eigenvalue weighted by molar-refractivity contribution is 5.84. The third-order valence-electron chi connectivity index (χ3n) is 7.26. The first kappa shape index (κ1) is 22.4. The van der Waals surface area contributed by atoms with Crippen LogP contribution in [0.5, 0.6) is 0 Å². The number of carboxylic acids is 1. The number of carbonyl (C=O) groups excluding carboxylic acids is 2. The maximum absolute atomic E-state index is 12.8. The molecule has 2 saturated heterocycles. The first-order valence-corrected chi connectivity index (χ1v) is 11.7. The number of aliphatic carboxylic acids is 1. The third-order valence-corrected chi connectivity index (χ3v) is 7.26. The minimum Gasteiger partial charge on any atom is -0.479 e. The van der Waals surface area contributed by atoms with Gasteiger partial charge in [0.25, 0.3) is 0 Å². The molecule has 2 heterocycles. The normalized spacial score (nSPS) is 23.7. The van der Waals surface area contributed by atoms with Crippen molar-refractivity contribution in [3.63, 3.8) is 0 Å². The van der Waals surface area contributed by atoms with Crippen LogP contribution in [0.4, 0.5) is 4.79 Å². The van der Waals surface area contributed by atoms with Gasteiger partial charge in [-0.1, -0.05) is 48.5 Å². The number of nitrogens with one attached hydrogen (secondary N) is 1. The molecule has 0 radical (unpaired) electrons. The van der Waals surface area contributed by atoms with E-state index in [0.717, 1.165) is 22.3 Å². The van der Waals surface area contributed by atoms with Crippen LogP contribution in [0.2, 0.25) is 0 Å². The topological polar surface area (TPSA) is 105 Å². The van der Waals surface area contributed by atoms with Crippen LogP contribution in [0.1, 0.15) is 36.8 Å². The van der Waals surface area contributed by atoms with Gasteiger partial charge in [0.1, 0.15) is 6.61 Å². The molecule has 34 heavy (non-hydrogen) atoms. The number of alkyl carbamates (subject to hydrolysis) is 1. The van der Waals surface area contributed by atoms with Gasteiger partial charge in [-0.2, -0.15) is 0 Å². The number of hydrogen-bond acceptors (Lipinski definition) is 5. The number of fused-ring (bicyclic) bond motifs is 4. The van der Waals surface area contributed by atoms with Gasteiger partial charge in [0.15, 0.2) is 5.60 Å². The van der Waals surface area contributed by atoms with E-state index < -0.39 is 23.7 Å². The van der Waals surface area contributed by atoms with Crippen LogP contribution in [0.15, 0.2) is 48.5 Å². The Labute approximate surface area is 197 Å². The summed E-state index contributed by atoms with van der Waals surface area (Å²) in [7, 11) is 0. The number of nitrogens with zero attached hydrogens (tertiary/aromatic N) is 1. The SMILES string of the molecule is CC(CC(=O)N1CC2CCOC2(C(=O)O)C1)NC(=O)OCC1c2ccccc2-c2ccccc21. The smallest absolute Gasteiger partial charge is 0.407 e. The number of carbonyl (C=O) groups is 3. The lowest BCUT2D eigenvalue weighted by Crippen LogP contribution is -2.46. The van der Waals surface area contributed by atoms with Crippen molar-refractivity contribution in [1.29, 1.82) is 0 Å². The molecule has 0 bridgehead atoms. The first-order valence-electron chi connectivity index (χ1n) is 11.7. The number of amides is 2. The van der Waals surface area contributed by atoms with E-state index in [1.165, 1.54) is 4.90 Å². The average Bonchev–Trinajstić information content (AvgIpc) is 3.47. The molecular formula is C26H28N2O6. The van der Waals surface area contributed by atoms with Gasteiger partial charge in [-0.25, -0.2) is 9.59 Å². The summed E-state index contributed by atoms with van der Waals surface area (Å²) >= 11 is 0. The van der Waals surface area contributed by atoms with Gasteiger partial charge in [0.05, 0.1) is 6.54 Å². The fraction of sp³-hybridized carbons (Fsp3) is 0.423.